The minimum atomic E-state index is -0.331. The van der Waals surface area contributed by atoms with Crippen LogP contribution in [0.15, 0.2) is 100 Å². The van der Waals surface area contributed by atoms with Crippen molar-refractivity contribution in [2.24, 2.45) is 12.0 Å². The van der Waals surface area contributed by atoms with Gasteiger partial charge in [-0.25, -0.2) is 9.67 Å². The molecule has 5 rings (SSSR count). The van der Waals surface area contributed by atoms with Gasteiger partial charge in [0.1, 0.15) is 17.2 Å². The molecule has 0 aliphatic carbocycles. The van der Waals surface area contributed by atoms with Crippen molar-refractivity contribution >= 4 is 29.2 Å². The second-order valence-corrected chi connectivity index (χ2v) is 9.15. The summed E-state index contributed by atoms with van der Waals surface area (Å²) in [7, 11) is 1.82. The molecule has 0 saturated heterocycles. The largest absolute Gasteiger partial charge is 0.372 e. The maximum Gasteiger partial charge on any atom is 0.296 e. The molecule has 7 nitrogen and oxygen atoms in total. The first-order valence-electron chi connectivity index (χ1n) is 12.8. The molecule has 38 heavy (non-hydrogen) atoms. The maximum atomic E-state index is 13.9. The molecule has 2 heterocycles. The molecule has 0 atom stereocenters. The molecule has 0 fully saturated rings. The third kappa shape index (κ3) is 4.36. The third-order valence-corrected chi connectivity index (χ3v) is 6.96. The highest BCUT2D eigenvalue weighted by Crippen LogP contribution is 2.29. The number of rotatable bonds is 7. The zero-order chi connectivity index (χ0) is 26.8. The van der Waals surface area contributed by atoms with E-state index in [1.54, 1.807) is 15.4 Å². The van der Waals surface area contributed by atoms with E-state index in [9.17, 15) is 9.59 Å². The van der Waals surface area contributed by atoms with Crippen molar-refractivity contribution in [2.75, 3.05) is 22.9 Å². The van der Waals surface area contributed by atoms with Gasteiger partial charge < -0.3 is 4.90 Å². The molecule has 3 aromatic carbocycles. The predicted octanol–water partition coefficient (Wildman–Crippen LogP) is 5.17. The number of amidine groups is 1. The molecule has 1 aromatic heterocycles. The van der Waals surface area contributed by atoms with E-state index in [1.807, 2.05) is 86.8 Å². The van der Waals surface area contributed by atoms with Crippen LogP contribution in [0.4, 0.5) is 11.4 Å². The zero-order valence-electron chi connectivity index (χ0n) is 22.1. The van der Waals surface area contributed by atoms with Crippen LogP contribution in [0.3, 0.4) is 0 Å². The molecule has 0 radical (unpaired) electrons. The number of nitrogens with zero attached hydrogens (tertiary/aromatic N) is 5. The van der Waals surface area contributed by atoms with E-state index >= 15 is 0 Å². The van der Waals surface area contributed by atoms with Gasteiger partial charge in [0.2, 0.25) is 0 Å². The van der Waals surface area contributed by atoms with Crippen molar-refractivity contribution in [2.45, 2.75) is 20.8 Å². The molecule has 1 aliphatic rings. The molecule has 7 heteroatoms. The van der Waals surface area contributed by atoms with Gasteiger partial charge in [0.25, 0.3) is 11.5 Å². The first-order chi connectivity index (χ1) is 18.4. The van der Waals surface area contributed by atoms with Crippen molar-refractivity contribution in [3.63, 3.8) is 0 Å². The van der Waals surface area contributed by atoms with Crippen molar-refractivity contribution < 1.29 is 4.79 Å². The van der Waals surface area contributed by atoms with Crippen molar-refractivity contribution in [3.8, 4) is 5.69 Å². The molecular weight excluding hydrogens is 474 g/mol. The molecule has 1 aliphatic heterocycles. The molecule has 192 valence electrons. The molecule has 4 aromatic rings. The van der Waals surface area contributed by atoms with E-state index in [0.717, 1.165) is 35.6 Å². The number of para-hydroxylation sites is 1. The molecule has 0 unspecified atom stereocenters. The van der Waals surface area contributed by atoms with E-state index < -0.39 is 0 Å². The maximum absolute atomic E-state index is 13.9. The number of carbonyl (C=O) groups excluding carboxylic acids is 1. The highest BCUT2D eigenvalue weighted by molar-refractivity contribution is 6.33. The average Bonchev–Trinajstić information content (AvgIpc) is 3.37. The number of benzene rings is 3. The van der Waals surface area contributed by atoms with E-state index in [2.05, 4.69) is 30.9 Å². The Hall–Kier alpha value is -4.65. The lowest BCUT2D eigenvalue weighted by atomic mass is 10.1. The van der Waals surface area contributed by atoms with Gasteiger partial charge in [-0.15, -0.1) is 0 Å². The lowest BCUT2D eigenvalue weighted by molar-refractivity contribution is -0.113. The number of carbonyl (C=O) groups is 1. The second-order valence-electron chi connectivity index (χ2n) is 9.15. The molecular formula is C31H31N5O2. The summed E-state index contributed by atoms with van der Waals surface area (Å²) >= 11 is 0. The third-order valence-electron chi connectivity index (χ3n) is 6.96. The predicted molar refractivity (Wildman–Crippen MR) is 154 cm³/mol. The van der Waals surface area contributed by atoms with E-state index in [1.165, 1.54) is 4.90 Å². The standard InChI is InChI=1S/C31H31N5O2/c1-5-34(6-2)25-19-17-23(18-20-25)21-27-30(37)35(29(32-27)24-13-9-7-10-14-24)28-22(3)33(4)36(31(28)38)26-15-11-8-12-16-26/h7-21H,5-6H2,1-4H3. The summed E-state index contributed by atoms with van der Waals surface area (Å²) in [5.41, 5.74) is 4.45. The Kier molecular flexibility index (Phi) is 6.83. The van der Waals surface area contributed by atoms with Gasteiger partial charge in [-0.2, -0.15) is 0 Å². The van der Waals surface area contributed by atoms with E-state index in [-0.39, 0.29) is 17.2 Å². The molecule has 0 bridgehead atoms. The Balaban J connectivity index is 1.62. The average molecular weight is 506 g/mol. The van der Waals surface area contributed by atoms with E-state index in [0.29, 0.717) is 17.2 Å². The van der Waals surface area contributed by atoms with Gasteiger partial charge in [0.05, 0.1) is 11.4 Å². The number of aromatic nitrogens is 2. The summed E-state index contributed by atoms with van der Waals surface area (Å²) < 4.78 is 3.35. The number of hydrogen-bond donors (Lipinski definition) is 0. The minimum absolute atomic E-state index is 0.280. The molecule has 0 N–H and O–H groups in total. The Labute approximate surface area is 222 Å². The summed E-state index contributed by atoms with van der Waals surface area (Å²) in [6.07, 6.45) is 1.78. The van der Waals surface area contributed by atoms with Gasteiger partial charge in [-0.1, -0.05) is 60.7 Å². The summed E-state index contributed by atoms with van der Waals surface area (Å²) in [6, 6.07) is 27.0. The van der Waals surface area contributed by atoms with Gasteiger partial charge in [-0.05, 0) is 56.7 Å². The minimum Gasteiger partial charge on any atom is -0.372 e. The second kappa shape index (κ2) is 10.4. The monoisotopic (exact) mass is 505 g/mol. The fourth-order valence-electron chi connectivity index (χ4n) is 4.84. The smallest absolute Gasteiger partial charge is 0.296 e. The Morgan fingerprint density at radius 2 is 1.45 bits per heavy atom. The van der Waals surface area contributed by atoms with Gasteiger partial charge in [0, 0.05) is 31.4 Å². The van der Waals surface area contributed by atoms with Crippen LogP contribution in [0.2, 0.25) is 0 Å². The first kappa shape index (κ1) is 25.0. The SMILES string of the molecule is CCN(CC)c1ccc(C=C2N=C(c3ccccc3)N(c3c(C)n(C)n(-c4ccccc4)c3=O)C2=O)cc1. The topological polar surface area (TPSA) is 62.8 Å². The van der Waals surface area contributed by atoms with Gasteiger partial charge in [0.15, 0.2) is 0 Å². The van der Waals surface area contributed by atoms with Crippen molar-refractivity contribution in [1.82, 2.24) is 9.36 Å². The molecule has 0 spiro atoms. The van der Waals surface area contributed by atoms with Crippen molar-refractivity contribution in [1.29, 1.82) is 0 Å². The fourth-order valence-corrected chi connectivity index (χ4v) is 4.84. The summed E-state index contributed by atoms with van der Waals surface area (Å²) in [6.45, 7) is 7.95. The van der Waals surface area contributed by atoms with Crippen LogP contribution in [0, 0.1) is 6.92 Å². The van der Waals surface area contributed by atoms with Crippen molar-refractivity contribution in [3.05, 3.63) is 118 Å². The molecule has 1 amide bonds. The van der Waals surface area contributed by atoms with Crippen LogP contribution in [0.25, 0.3) is 11.8 Å². The number of amides is 1. The first-order valence-corrected chi connectivity index (χ1v) is 12.8. The van der Waals surface area contributed by atoms with E-state index in [4.69, 9.17) is 4.99 Å². The lowest BCUT2D eigenvalue weighted by Crippen LogP contribution is -2.36. The summed E-state index contributed by atoms with van der Waals surface area (Å²) in [5, 5.41) is 0. The van der Waals surface area contributed by atoms with Crippen LogP contribution in [-0.2, 0) is 11.8 Å². The van der Waals surface area contributed by atoms with Crippen LogP contribution in [-0.4, -0.2) is 34.2 Å². The number of aliphatic imine (C=N–C) groups is 1. The number of anilines is 2. The van der Waals surface area contributed by atoms with Crippen LogP contribution in [0.1, 0.15) is 30.7 Å². The Morgan fingerprint density at radius 3 is 2.05 bits per heavy atom. The summed E-state index contributed by atoms with van der Waals surface area (Å²) in [5.74, 6) is 0.107. The Morgan fingerprint density at radius 1 is 0.842 bits per heavy atom. The highest BCUT2D eigenvalue weighted by Gasteiger charge is 2.37. The van der Waals surface area contributed by atoms with Crippen LogP contribution >= 0.6 is 0 Å². The Bertz CT molecular complexity index is 1580. The quantitative estimate of drug-likeness (QED) is 0.326. The van der Waals surface area contributed by atoms with Crippen LogP contribution in [0.5, 0.6) is 0 Å². The summed E-state index contributed by atoms with van der Waals surface area (Å²) in [4.78, 5) is 36.2. The normalized spacial score (nSPS) is 14.3. The molecule has 0 saturated carbocycles. The highest BCUT2D eigenvalue weighted by atomic mass is 16.2. The number of hydrogen-bond acceptors (Lipinski definition) is 4. The zero-order valence-corrected chi connectivity index (χ0v) is 22.1. The van der Waals surface area contributed by atoms with Gasteiger partial charge in [-0.3, -0.25) is 19.2 Å². The van der Waals surface area contributed by atoms with Crippen LogP contribution < -0.4 is 15.4 Å². The van der Waals surface area contributed by atoms with Gasteiger partial charge >= 0.3 is 0 Å². The lowest BCUT2D eigenvalue weighted by Gasteiger charge is -2.20. The fraction of sp³-hybridized carbons (Fsp3) is 0.194.